The first-order valence-corrected chi connectivity index (χ1v) is 9.94. The van der Waals surface area contributed by atoms with E-state index in [0.29, 0.717) is 12.6 Å². The lowest BCUT2D eigenvalue weighted by atomic mass is 10.2. The van der Waals surface area contributed by atoms with Crippen molar-refractivity contribution < 1.29 is 0 Å². The highest BCUT2D eigenvalue weighted by atomic mass is 15.3. The molecule has 7 nitrogen and oxygen atoms in total. The highest BCUT2D eigenvalue weighted by molar-refractivity contribution is 5.80. The van der Waals surface area contributed by atoms with Gasteiger partial charge in [0, 0.05) is 38.4 Å². The van der Waals surface area contributed by atoms with Gasteiger partial charge < -0.3 is 15.5 Å². The Balaban J connectivity index is 1.28. The number of hydrogen-bond donors (Lipinski definition) is 2. The first-order chi connectivity index (χ1) is 14.2. The van der Waals surface area contributed by atoms with Gasteiger partial charge in [-0.1, -0.05) is 29.8 Å². The minimum Gasteiger partial charge on any atom is -0.369 e. The second-order valence-corrected chi connectivity index (χ2v) is 7.34. The minimum absolute atomic E-state index is 0.386. The van der Waals surface area contributed by atoms with Crippen molar-refractivity contribution in [3.05, 3.63) is 72.3 Å². The van der Waals surface area contributed by atoms with Crippen LogP contribution in [0.1, 0.15) is 17.5 Å². The molecule has 4 rings (SSSR count). The van der Waals surface area contributed by atoms with Crippen molar-refractivity contribution in [3.63, 3.8) is 0 Å². The van der Waals surface area contributed by atoms with Crippen LogP contribution in [0.4, 0.5) is 5.69 Å². The first kappa shape index (κ1) is 19.0. The van der Waals surface area contributed by atoms with Crippen molar-refractivity contribution in [3.8, 4) is 5.69 Å². The number of rotatable bonds is 5. The summed E-state index contributed by atoms with van der Waals surface area (Å²) < 4.78 is 1.75. The standard InChI is InChI=1S/C22H27N7/c1-17-3-7-20(8-4-17)28-12-11-19(14-28)27-22(23-2)25-13-18-5-9-21(10-6-18)29-16-24-15-26-29/h3-10,15-16,19H,11-14H2,1-2H3,(H2,23,25,27). The molecular formula is C22H27N7. The lowest BCUT2D eigenvalue weighted by molar-refractivity contribution is 0.648. The normalized spacial score (nSPS) is 16.8. The van der Waals surface area contributed by atoms with Crippen LogP contribution in [0.25, 0.3) is 5.69 Å². The summed E-state index contributed by atoms with van der Waals surface area (Å²) in [5.41, 5.74) is 4.76. The molecule has 0 bridgehead atoms. The van der Waals surface area contributed by atoms with Crippen LogP contribution >= 0.6 is 0 Å². The Morgan fingerprint density at radius 3 is 2.55 bits per heavy atom. The summed E-state index contributed by atoms with van der Waals surface area (Å²) in [5, 5.41) is 11.1. The summed E-state index contributed by atoms with van der Waals surface area (Å²) in [6.45, 7) is 4.87. The van der Waals surface area contributed by atoms with Gasteiger partial charge in [-0.25, -0.2) is 9.67 Å². The molecule has 1 aromatic heterocycles. The summed E-state index contributed by atoms with van der Waals surface area (Å²) in [4.78, 5) is 10.8. The Hall–Kier alpha value is -3.35. The Morgan fingerprint density at radius 2 is 1.86 bits per heavy atom. The minimum atomic E-state index is 0.386. The average molecular weight is 390 g/mol. The van der Waals surface area contributed by atoms with Gasteiger partial charge in [0.15, 0.2) is 5.96 Å². The quantitative estimate of drug-likeness (QED) is 0.518. The molecule has 3 aromatic rings. The molecule has 0 radical (unpaired) electrons. The van der Waals surface area contributed by atoms with E-state index in [1.807, 2.05) is 19.2 Å². The third kappa shape index (κ3) is 4.74. The van der Waals surface area contributed by atoms with Gasteiger partial charge in [-0.2, -0.15) is 5.10 Å². The van der Waals surface area contributed by atoms with Crippen LogP contribution < -0.4 is 15.5 Å². The smallest absolute Gasteiger partial charge is 0.191 e. The molecule has 1 aliphatic heterocycles. The van der Waals surface area contributed by atoms with Gasteiger partial charge in [0.25, 0.3) is 0 Å². The molecule has 0 spiro atoms. The van der Waals surface area contributed by atoms with Crippen molar-refractivity contribution in [2.45, 2.75) is 25.9 Å². The number of nitrogens with zero attached hydrogens (tertiary/aromatic N) is 5. The maximum atomic E-state index is 4.39. The zero-order chi connectivity index (χ0) is 20.1. The Bertz CT molecular complexity index is 930. The maximum Gasteiger partial charge on any atom is 0.191 e. The van der Waals surface area contributed by atoms with E-state index in [1.165, 1.54) is 23.1 Å². The van der Waals surface area contributed by atoms with Crippen molar-refractivity contribution >= 4 is 11.6 Å². The Morgan fingerprint density at radius 1 is 1.10 bits per heavy atom. The van der Waals surface area contributed by atoms with E-state index < -0.39 is 0 Å². The predicted molar refractivity (Wildman–Crippen MR) is 116 cm³/mol. The van der Waals surface area contributed by atoms with Crippen molar-refractivity contribution in [1.29, 1.82) is 0 Å². The zero-order valence-corrected chi connectivity index (χ0v) is 16.9. The van der Waals surface area contributed by atoms with Crippen LogP contribution in [-0.2, 0) is 6.54 Å². The second-order valence-electron chi connectivity index (χ2n) is 7.34. The summed E-state index contributed by atoms with van der Waals surface area (Å²) in [6.07, 6.45) is 4.33. The van der Waals surface area contributed by atoms with Crippen LogP contribution in [0.2, 0.25) is 0 Å². The number of aryl methyl sites for hydroxylation is 1. The summed E-state index contributed by atoms with van der Waals surface area (Å²) >= 11 is 0. The lowest BCUT2D eigenvalue weighted by Crippen LogP contribution is -2.44. The maximum absolute atomic E-state index is 4.39. The number of nitrogens with one attached hydrogen (secondary N) is 2. The summed E-state index contributed by atoms with van der Waals surface area (Å²) in [6, 6.07) is 17.4. The van der Waals surface area contributed by atoms with Gasteiger partial charge >= 0.3 is 0 Å². The van der Waals surface area contributed by atoms with Crippen LogP contribution in [-0.4, -0.2) is 46.9 Å². The molecule has 1 fully saturated rings. The fraction of sp³-hybridized carbons (Fsp3) is 0.318. The highest BCUT2D eigenvalue weighted by Gasteiger charge is 2.23. The van der Waals surface area contributed by atoms with E-state index in [-0.39, 0.29) is 0 Å². The van der Waals surface area contributed by atoms with E-state index in [4.69, 9.17) is 0 Å². The van der Waals surface area contributed by atoms with E-state index in [9.17, 15) is 0 Å². The van der Waals surface area contributed by atoms with Gasteiger partial charge in [-0.15, -0.1) is 0 Å². The van der Waals surface area contributed by atoms with Crippen molar-refractivity contribution in [2.75, 3.05) is 25.0 Å². The monoisotopic (exact) mass is 389 g/mol. The summed E-state index contributed by atoms with van der Waals surface area (Å²) in [5.74, 6) is 0.834. The molecule has 1 saturated heterocycles. The van der Waals surface area contributed by atoms with Crippen molar-refractivity contribution in [1.82, 2.24) is 25.4 Å². The van der Waals surface area contributed by atoms with Crippen LogP contribution in [0.15, 0.2) is 66.2 Å². The molecule has 2 N–H and O–H groups in total. The van der Waals surface area contributed by atoms with Crippen LogP contribution in [0.5, 0.6) is 0 Å². The molecule has 2 aromatic carbocycles. The van der Waals surface area contributed by atoms with Gasteiger partial charge in [-0.3, -0.25) is 4.99 Å². The van der Waals surface area contributed by atoms with Gasteiger partial charge in [0.1, 0.15) is 12.7 Å². The number of hydrogen-bond acceptors (Lipinski definition) is 4. The highest BCUT2D eigenvalue weighted by Crippen LogP contribution is 2.20. The topological polar surface area (TPSA) is 70.4 Å². The molecule has 2 heterocycles. The van der Waals surface area contributed by atoms with E-state index in [1.54, 1.807) is 11.0 Å². The molecule has 7 heteroatoms. The Kier molecular flexibility index (Phi) is 5.74. The molecule has 1 unspecified atom stereocenters. The van der Waals surface area contributed by atoms with E-state index in [2.05, 4.69) is 73.9 Å². The number of anilines is 1. The molecule has 0 amide bonds. The molecule has 150 valence electrons. The lowest BCUT2D eigenvalue weighted by Gasteiger charge is -2.20. The third-order valence-corrected chi connectivity index (χ3v) is 5.23. The molecule has 0 saturated carbocycles. The fourth-order valence-electron chi connectivity index (χ4n) is 3.55. The summed E-state index contributed by atoms with van der Waals surface area (Å²) in [7, 11) is 1.82. The molecule has 1 aliphatic rings. The van der Waals surface area contributed by atoms with Gasteiger partial charge in [0.2, 0.25) is 0 Å². The Labute approximate surface area is 171 Å². The predicted octanol–water partition coefficient (Wildman–Crippen LogP) is 2.52. The molecule has 0 aliphatic carbocycles. The zero-order valence-electron chi connectivity index (χ0n) is 16.9. The third-order valence-electron chi connectivity index (χ3n) is 5.23. The number of benzene rings is 2. The van der Waals surface area contributed by atoms with Gasteiger partial charge in [-0.05, 0) is 43.2 Å². The molecule has 1 atom stereocenters. The average Bonchev–Trinajstić information content (AvgIpc) is 3.44. The first-order valence-electron chi connectivity index (χ1n) is 9.94. The number of aromatic nitrogens is 3. The number of aliphatic imine (C=N–C) groups is 1. The van der Waals surface area contributed by atoms with Crippen LogP contribution in [0.3, 0.4) is 0 Å². The van der Waals surface area contributed by atoms with Gasteiger partial charge in [0.05, 0.1) is 5.69 Å². The van der Waals surface area contributed by atoms with E-state index in [0.717, 1.165) is 31.2 Å². The largest absolute Gasteiger partial charge is 0.369 e. The van der Waals surface area contributed by atoms with Crippen molar-refractivity contribution in [2.24, 2.45) is 4.99 Å². The molecular weight excluding hydrogens is 362 g/mol. The SMILES string of the molecule is CN=C(NCc1ccc(-n2cncn2)cc1)NC1CCN(c2ccc(C)cc2)C1. The van der Waals surface area contributed by atoms with E-state index >= 15 is 0 Å². The number of guanidine groups is 1. The van der Waals surface area contributed by atoms with Crippen LogP contribution in [0, 0.1) is 6.92 Å². The fourth-order valence-corrected chi connectivity index (χ4v) is 3.55. The molecule has 29 heavy (non-hydrogen) atoms. The second kappa shape index (κ2) is 8.77.